The summed E-state index contributed by atoms with van der Waals surface area (Å²) in [5, 5.41) is 5.15. The fraction of sp³-hybridized carbons (Fsp3) is 0. The van der Waals surface area contributed by atoms with Gasteiger partial charge in [-0.1, -0.05) is 224 Å². The highest BCUT2D eigenvalue weighted by atomic mass is 32.1. The van der Waals surface area contributed by atoms with Crippen molar-refractivity contribution >= 4 is 42.3 Å². The Labute approximate surface area is 381 Å². The number of benzene rings is 10. The summed E-state index contributed by atoms with van der Waals surface area (Å²) in [6.07, 6.45) is 0. The molecule has 0 radical (unpaired) electrons. The van der Waals surface area contributed by atoms with Crippen molar-refractivity contribution in [3.8, 4) is 89.8 Å². The highest BCUT2D eigenvalue weighted by molar-refractivity contribution is 7.25. The Hall–Kier alpha value is -8.31. The second-order valence-electron chi connectivity index (χ2n) is 16.3. The number of hydrogen-bond donors (Lipinski definition) is 0. The van der Waals surface area contributed by atoms with Gasteiger partial charge in [-0.25, -0.2) is 15.0 Å². The van der Waals surface area contributed by atoms with Crippen LogP contribution < -0.4 is 0 Å². The molecule has 65 heavy (non-hydrogen) atoms. The molecule has 4 heteroatoms. The van der Waals surface area contributed by atoms with Gasteiger partial charge in [-0.3, -0.25) is 0 Å². The first-order valence-corrected chi connectivity index (χ1v) is 22.7. The molecule has 0 unspecified atom stereocenters. The Kier molecular flexibility index (Phi) is 9.70. The van der Waals surface area contributed by atoms with Crippen molar-refractivity contribution in [2.75, 3.05) is 0 Å². The van der Waals surface area contributed by atoms with Gasteiger partial charge in [-0.15, -0.1) is 11.3 Å². The van der Waals surface area contributed by atoms with Gasteiger partial charge < -0.3 is 0 Å². The van der Waals surface area contributed by atoms with Crippen LogP contribution in [-0.4, -0.2) is 15.0 Å². The fourth-order valence-electron chi connectivity index (χ4n) is 9.18. The van der Waals surface area contributed by atoms with Crippen molar-refractivity contribution in [1.29, 1.82) is 0 Å². The number of nitrogens with zero attached hydrogens (tertiary/aromatic N) is 3. The summed E-state index contributed by atoms with van der Waals surface area (Å²) >= 11 is 1.86. The quantitative estimate of drug-likeness (QED) is 0.153. The summed E-state index contributed by atoms with van der Waals surface area (Å²) in [6.45, 7) is 0. The van der Waals surface area contributed by atoms with E-state index in [4.69, 9.17) is 15.0 Å². The predicted molar refractivity (Wildman–Crippen MR) is 274 cm³/mol. The van der Waals surface area contributed by atoms with E-state index in [9.17, 15) is 0 Å². The van der Waals surface area contributed by atoms with Crippen LogP contribution in [0.4, 0.5) is 0 Å². The van der Waals surface area contributed by atoms with E-state index in [1.807, 2.05) is 29.5 Å². The van der Waals surface area contributed by atoms with E-state index in [0.717, 1.165) is 44.5 Å². The third-order valence-electron chi connectivity index (χ3n) is 12.4. The molecular formula is C61H39N3S. The lowest BCUT2D eigenvalue weighted by molar-refractivity contribution is 1.07. The standard InChI is InChI=1S/C61H39N3S/c1-3-14-40(15-4-1)41-28-34-46(35-29-41)59-62-60(64-61(63-59)54-21-10-7-18-48(54)44-16-5-2-6-17-44)47-36-30-43(31-37-47)42-26-32-45(33-27-42)49-38-39-52(51-20-9-8-19-50(49)51)53-23-13-25-57-58(53)55-22-11-12-24-56(55)65-57/h1-39H. The van der Waals surface area contributed by atoms with E-state index < -0.39 is 0 Å². The minimum atomic E-state index is 0.626. The first-order valence-electron chi connectivity index (χ1n) is 21.9. The maximum atomic E-state index is 5.15. The van der Waals surface area contributed by atoms with Crippen LogP contribution in [0.2, 0.25) is 0 Å². The van der Waals surface area contributed by atoms with E-state index in [2.05, 4.69) is 218 Å². The zero-order chi connectivity index (χ0) is 43.1. The molecule has 0 aliphatic rings. The fourth-order valence-corrected chi connectivity index (χ4v) is 10.3. The molecule has 10 aromatic carbocycles. The normalized spacial score (nSPS) is 11.4. The van der Waals surface area contributed by atoms with E-state index in [1.165, 1.54) is 58.8 Å². The average Bonchev–Trinajstić information content (AvgIpc) is 3.78. The Morgan fingerprint density at radius 1 is 0.215 bits per heavy atom. The second-order valence-corrected chi connectivity index (χ2v) is 17.4. The Morgan fingerprint density at radius 3 is 1.25 bits per heavy atom. The largest absolute Gasteiger partial charge is 0.208 e. The highest BCUT2D eigenvalue weighted by Gasteiger charge is 2.18. The maximum absolute atomic E-state index is 5.15. The van der Waals surface area contributed by atoms with Crippen LogP contribution in [0.15, 0.2) is 237 Å². The maximum Gasteiger partial charge on any atom is 0.164 e. The molecule has 12 aromatic rings. The van der Waals surface area contributed by atoms with Gasteiger partial charge in [-0.05, 0) is 78.5 Å². The number of rotatable bonds is 8. The zero-order valence-corrected chi connectivity index (χ0v) is 36.1. The number of thiophene rings is 1. The third-order valence-corrected chi connectivity index (χ3v) is 13.6. The molecule has 0 saturated carbocycles. The van der Waals surface area contributed by atoms with Crippen LogP contribution in [0.3, 0.4) is 0 Å². The molecule has 0 spiro atoms. The lowest BCUT2D eigenvalue weighted by Crippen LogP contribution is -2.01. The van der Waals surface area contributed by atoms with Gasteiger partial charge in [0.2, 0.25) is 0 Å². The molecule has 0 N–H and O–H groups in total. The summed E-state index contributed by atoms with van der Waals surface area (Å²) < 4.78 is 2.64. The Balaban J connectivity index is 0.883. The molecule has 0 aliphatic heterocycles. The minimum absolute atomic E-state index is 0.626. The zero-order valence-electron chi connectivity index (χ0n) is 35.3. The number of fused-ring (bicyclic) bond motifs is 4. The lowest BCUT2D eigenvalue weighted by atomic mass is 9.90. The van der Waals surface area contributed by atoms with E-state index in [-0.39, 0.29) is 0 Å². The minimum Gasteiger partial charge on any atom is -0.208 e. The molecule has 2 heterocycles. The van der Waals surface area contributed by atoms with Crippen molar-refractivity contribution in [3.63, 3.8) is 0 Å². The van der Waals surface area contributed by atoms with Gasteiger partial charge in [0.15, 0.2) is 17.5 Å². The molecule has 0 bridgehead atoms. The molecule has 12 rings (SSSR count). The number of aromatic nitrogens is 3. The van der Waals surface area contributed by atoms with Gasteiger partial charge in [0, 0.05) is 36.9 Å². The van der Waals surface area contributed by atoms with Crippen LogP contribution in [-0.2, 0) is 0 Å². The Bertz CT molecular complexity index is 3670. The Morgan fingerprint density at radius 2 is 0.615 bits per heavy atom. The van der Waals surface area contributed by atoms with E-state index >= 15 is 0 Å². The van der Waals surface area contributed by atoms with Gasteiger partial charge in [0.25, 0.3) is 0 Å². The SMILES string of the molecule is c1ccc(-c2ccc(-c3nc(-c4ccc(-c5ccc(-c6ccc(-c7cccc8sc9ccccc9c78)c7ccccc67)cc5)cc4)nc(-c4ccccc4-c4ccccc4)n3)cc2)cc1. The van der Waals surface area contributed by atoms with Crippen LogP contribution in [0.25, 0.3) is 121 Å². The molecule has 0 amide bonds. The van der Waals surface area contributed by atoms with Crippen LogP contribution in [0.1, 0.15) is 0 Å². The van der Waals surface area contributed by atoms with Gasteiger partial charge in [0.05, 0.1) is 0 Å². The second kappa shape index (κ2) is 16.4. The molecular weight excluding hydrogens is 807 g/mol. The third kappa shape index (κ3) is 7.16. The van der Waals surface area contributed by atoms with Gasteiger partial charge >= 0.3 is 0 Å². The van der Waals surface area contributed by atoms with Gasteiger partial charge in [-0.2, -0.15) is 0 Å². The van der Waals surface area contributed by atoms with E-state index in [1.54, 1.807) is 0 Å². The summed E-state index contributed by atoms with van der Waals surface area (Å²) in [4.78, 5) is 15.4. The lowest BCUT2D eigenvalue weighted by Gasteiger charge is -2.14. The van der Waals surface area contributed by atoms with Crippen molar-refractivity contribution < 1.29 is 0 Å². The summed E-state index contributed by atoms with van der Waals surface area (Å²) in [7, 11) is 0. The molecule has 304 valence electrons. The van der Waals surface area contributed by atoms with Crippen LogP contribution >= 0.6 is 11.3 Å². The van der Waals surface area contributed by atoms with Crippen molar-refractivity contribution in [2.24, 2.45) is 0 Å². The molecule has 0 atom stereocenters. The molecule has 2 aromatic heterocycles. The van der Waals surface area contributed by atoms with Crippen molar-refractivity contribution in [1.82, 2.24) is 15.0 Å². The average molecular weight is 846 g/mol. The molecule has 0 aliphatic carbocycles. The summed E-state index contributed by atoms with van der Waals surface area (Å²) in [5.74, 6) is 1.89. The van der Waals surface area contributed by atoms with E-state index in [0.29, 0.717) is 17.5 Å². The molecule has 0 fully saturated rings. The van der Waals surface area contributed by atoms with Crippen LogP contribution in [0.5, 0.6) is 0 Å². The molecule has 0 saturated heterocycles. The number of hydrogen-bond acceptors (Lipinski definition) is 4. The smallest absolute Gasteiger partial charge is 0.164 e. The first-order chi connectivity index (χ1) is 32.2. The monoisotopic (exact) mass is 845 g/mol. The molecule has 3 nitrogen and oxygen atoms in total. The predicted octanol–water partition coefficient (Wildman–Crippen LogP) is 16.7. The first kappa shape index (κ1) is 38.4. The highest BCUT2D eigenvalue weighted by Crippen LogP contribution is 2.44. The van der Waals surface area contributed by atoms with Crippen LogP contribution in [0, 0.1) is 0 Å². The van der Waals surface area contributed by atoms with Gasteiger partial charge in [0.1, 0.15) is 0 Å². The van der Waals surface area contributed by atoms with Crippen molar-refractivity contribution in [3.05, 3.63) is 237 Å². The summed E-state index contributed by atoms with van der Waals surface area (Å²) in [5.41, 5.74) is 14.5. The summed E-state index contributed by atoms with van der Waals surface area (Å²) in [6, 6.07) is 84.1. The van der Waals surface area contributed by atoms with Crippen molar-refractivity contribution in [2.45, 2.75) is 0 Å². The topological polar surface area (TPSA) is 38.7 Å².